The molecule has 0 aliphatic carbocycles. The zero-order chi connectivity index (χ0) is 16.4. The number of halogens is 3. The summed E-state index contributed by atoms with van der Waals surface area (Å²) in [4.78, 5) is -0.269. The van der Waals surface area contributed by atoms with Gasteiger partial charge in [-0.2, -0.15) is 21.6 Å². The Morgan fingerprint density at radius 2 is 1.68 bits per heavy atom. The lowest BCUT2D eigenvalue weighted by Crippen LogP contribution is -2.12. The lowest BCUT2D eigenvalue weighted by Gasteiger charge is -2.12. The Kier molecular flexibility index (Phi) is 4.32. The van der Waals surface area contributed by atoms with Crippen molar-refractivity contribution in [2.75, 3.05) is 7.11 Å². The van der Waals surface area contributed by atoms with E-state index in [2.05, 4.69) is 0 Å². The number of benzene rings is 2. The minimum atomic E-state index is -4.59. The summed E-state index contributed by atoms with van der Waals surface area (Å²) >= 11 is 0. The van der Waals surface area contributed by atoms with Crippen molar-refractivity contribution in [1.29, 1.82) is 0 Å². The van der Waals surface area contributed by atoms with Gasteiger partial charge in [-0.15, -0.1) is 0 Å². The van der Waals surface area contributed by atoms with E-state index < -0.39 is 27.6 Å². The fourth-order valence-electron chi connectivity index (χ4n) is 1.72. The van der Waals surface area contributed by atoms with Crippen molar-refractivity contribution in [2.45, 2.75) is 11.1 Å². The average molecular weight is 332 g/mol. The monoisotopic (exact) mass is 332 g/mol. The molecule has 0 heterocycles. The molecule has 0 radical (unpaired) electrons. The van der Waals surface area contributed by atoms with Crippen molar-refractivity contribution in [3.8, 4) is 11.5 Å². The normalized spacial score (nSPS) is 12.0. The van der Waals surface area contributed by atoms with Crippen molar-refractivity contribution in [1.82, 2.24) is 0 Å². The lowest BCUT2D eigenvalue weighted by molar-refractivity contribution is -0.137. The number of alkyl halides is 3. The van der Waals surface area contributed by atoms with Gasteiger partial charge in [-0.05, 0) is 30.3 Å². The van der Waals surface area contributed by atoms with Gasteiger partial charge in [-0.25, -0.2) is 0 Å². The summed E-state index contributed by atoms with van der Waals surface area (Å²) in [7, 11) is -3.03. The molecule has 0 aliphatic heterocycles. The number of para-hydroxylation sites is 1. The first-order valence-corrected chi connectivity index (χ1v) is 7.39. The highest BCUT2D eigenvalue weighted by atomic mass is 32.2. The molecule has 4 nitrogen and oxygen atoms in total. The Hall–Kier alpha value is -2.22. The zero-order valence-electron chi connectivity index (χ0n) is 11.3. The molecule has 0 saturated heterocycles. The third kappa shape index (κ3) is 3.51. The van der Waals surface area contributed by atoms with Crippen molar-refractivity contribution >= 4 is 10.1 Å². The van der Waals surface area contributed by atoms with Crippen molar-refractivity contribution < 1.29 is 30.5 Å². The lowest BCUT2D eigenvalue weighted by atomic mass is 10.2. The van der Waals surface area contributed by atoms with Crippen LogP contribution in [0.1, 0.15) is 5.56 Å². The van der Waals surface area contributed by atoms with Crippen molar-refractivity contribution in [3.05, 3.63) is 54.1 Å². The Labute approximate surface area is 125 Å². The molecule has 0 fully saturated rings. The van der Waals surface area contributed by atoms with Crippen LogP contribution in [0, 0.1) is 0 Å². The van der Waals surface area contributed by atoms with Crippen LogP contribution < -0.4 is 8.92 Å². The molecular formula is C14H11F3O4S. The van der Waals surface area contributed by atoms with Gasteiger partial charge in [0.2, 0.25) is 0 Å². The second kappa shape index (κ2) is 5.88. The SMILES string of the molecule is COc1ccccc1S(=O)(=O)Oc1cccc(C(F)(F)F)c1. The fraction of sp³-hybridized carbons (Fsp3) is 0.143. The van der Waals surface area contributed by atoms with Crippen LogP contribution in [-0.2, 0) is 16.3 Å². The van der Waals surface area contributed by atoms with Crippen LogP contribution in [0.2, 0.25) is 0 Å². The Morgan fingerprint density at radius 1 is 1.00 bits per heavy atom. The van der Waals surface area contributed by atoms with Gasteiger partial charge in [-0.1, -0.05) is 18.2 Å². The van der Waals surface area contributed by atoms with Crippen LogP contribution in [0.15, 0.2) is 53.4 Å². The average Bonchev–Trinajstić information content (AvgIpc) is 2.46. The van der Waals surface area contributed by atoms with Crippen molar-refractivity contribution in [3.63, 3.8) is 0 Å². The summed E-state index contributed by atoms with van der Waals surface area (Å²) in [5.41, 5.74) is -1.000. The largest absolute Gasteiger partial charge is 0.495 e. The number of ether oxygens (including phenoxy) is 1. The second-order valence-electron chi connectivity index (χ2n) is 4.21. The predicted octanol–water partition coefficient (Wildman–Crippen LogP) is 3.48. The zero-order valence-corrected chi connectivity index (χ0v) is 12.1. The van der Waals surface area contributed by atoms with Gasteiger partial charge in [0.25, 0.3) is 0 Å². The molecule has 0 atom stereocenters. The van der Waals surface area contributed by atoms with E-state index >= 15 is 0 Å². The molecule has 118 valence electrons. The Balaban J connectivity index is 2.37. The van der Waals surface area contributed by atoms with Gasteiger partial charge >= 0.3 is 16.3 Å². The molecule has 0 bridgehead atoms. The second-order valence-corrected chi connectivity index (χ2v) is 5.73. The third-order valence-electron chi connectivity index (χ3n) is 2.71. The predicted molar refractivity (Wildman–Crippen MR) is 72.3 cm³/mol. The van der Waals surface area contributed by atoms with E-state index in [1.54, 1.807) is 6.07 Å². The highest BCUT2D eigenvalue weighted by molar-refractivity contribution is 7.87. The van der Waals surface area contributed by atoms with E-state index in [1.165, 1.54) is 25.3 Å². The van der Waals surface area contributed by atoms with E-state index in [1.807, 2.05) is 0 Å². The third-order valence-corrected chi connectivity index (χ3v) is 3.99. The van der Waals surface area contributed by atoms with Gasteiger partial charge in [0.15, 0.2) is 0 Å². The first-order valence-electron chi connectivity index (χ1n) is 5.99. The summed E-state index contributed by atoms with van der Waals surface area (Å²) in [5, 5.41) is 0. The fourth-order valence-corrected chi connectivity index (χ4v) is 2.81. The highest BCUT2D eigenvalue weighted by Crippen LogP contribution is 2.33. The highest BCUT2D eigenvalue weighted by Gasteiger charge is 2.31. The summed E-state index contributed by atoms with van der Waals surface area (Å²) < 4.78 is 71.8. The molecule has 0 spiro atoms. The number of methoxy groups -OCH3 is 1. The molecule has 8 heteroatoms. The minimum absolute atomic E-state index is 0.0366. The van der Waals surface area contributed by atoms with E-state index in [0.717, 1.165) is 18.2 Å². The molecular weight excluding hydrogens is 321 g/mol. The molecule has 0 aromatic heterocycles. The maximum Gasteiger partial charge on any atom is 0.416 e. The molecule has 0 N–H and O–H groups in total. The van der Waals surface area contributed by atoms with E-state index in [0.29, 0.717) is 6.07 Å². The van der Waals surface area contributed by atoms with E-state index in [9.17, 15) is 21.6 Å². The van der Waals surface area contributed by atoms with Crippen LogP contribution in [-0.4, -0.2) is 15.5 Å². The molecule has 0 amide bonds. The topological polar surface area (TPSA) is 52.6 Å². The van der Waals surface area contributed by atoms with Gasteiger partial charge in [0, 0.05) is 0 Å². The number of rotatable bonds is 4. The minimum Gasteiger partial charge on any atom is -0.495 e. The Bertz CT molecular complexity index is 770. The van der Waals surface area contributed by atoms with Crippen molar-refractivity contribution in [2.24, 2.45) is 0 Å². The standard InChI is InChI=1S/C14H11F3O4S/c1-20-12-7-2-3-8-13(12)22(18,19)21-11-6-4-5-10(9-11)14(15,16)17/h2-9H,1H3. The van der Waals surface area contributed by atoms with Crippen LogP contribution >= 0.6 is 0 Å². The maximum absolute atomic E-state index is 12.6. The van der Waals surface area contributed by atoms with Crippen LogP contribution in [0.3, 0.4) is 0 Å². The summed E-state index contributed by atoms with van der Waals surface area (Å²) in [5.74, 6) is -0.393. The number of hydrogen-bond donors (Lipinski definition) is 0. The van der Waals surface area contributed by atoms with Crippen LogP contribution in [0.5, 0.6) is 11.5 Å². The Morgan fingerprint density at radius 3 is 2.32 bits per heavy atom. The molecule has 0 unspecified atom stereocenters. The van der Waals surface area contributed by atoms with E-state index in [-0.39, 0.29) is 10.6 Å². The molecule has 2 rings (SSSR count). The first-order chi connectivity index (χ1) is 10.2. The summed E-state index contributed by atoms with van der Waals surface area (Å²) in [6.07, 6.45) is -4.59. The van der Waals surface area contributed by atoms with Gasteiger partial charge in [0.1, 0.15) is 16.4 Å². The number of hydrogen-bond acceptors (Lipinski definition) is 4. The van der Waals surface area contributed by atoms with Crippen LogP contribution in [0.4, 0.5) is 13.2 Å². The molecule has 2 aromatic rings. The first kappa shape index (κ1) is 16.2. The van der Waals surface area contributed by atoms with Gasteiger partial charge in [-0.3, -0.25) is 0 Å². The molecule has 0 aliphatic rings. The molecule has 2 aromatic carbocycles. The van der Waals surface area contributed by atoms with Gasteiger partial charge < -0.3 is 8.92 Å². The smallest absolute Gasteiger partial charge is 0.416 e. The maximum atomic E-state index is 12.6. The molecule has 22 heavy (non-hydrogen) atoms. The molecule has 0 saturated carbocycles. The van der Waals surface area contributed by atoms with Crippen LogP contribution in [0.25, 0.3) is 0 Å². The summed E-state index contributed by atoms with van der Waals surface area (Å²) in [6, 6.07) is 9.28. The quantitative estimate of drug-likeness (QED) is 0.805. The van der Waals surface area contributed by atoms with Gasteiger partial charge in [0.05, 0.1) is 12.7 Å². The van der Waals surface area contributed by atoms with E-state index in [4.69, 9.17) is 8.92 Å². The summed E-state index contributed by atoms with van der Waals surface area (Å²) in [6.45, 7) is 0.